The van der Waals surface area contributed by atoms with Crippen LogP contribution < -0.4 is 4.89 Å². The van der Waals surface area contributed by atoms with E-state index >= 15 is 0 Å². The molecule has 2 saturated heterocycles. The van der Waals surface area contributed by atoms with Gasteiger partial charge in [-0.1, -0.05) is 31.8 Å². The maximum Gasteiger partial charge on any atom is 0.270 e. The fourth-order valence-corrected chi connectivity index (χ4v) is 4.89. The summed E-state index contributed by atoms with van der Waals surface area (Å²) in [5.41, 5.74) is 0. The first-order chi connectivity index (χ1) is 17.0. The summed E-state index contributed by atoms with van der Waals surface area (Å²) in [6.07, 6.45) is -7.45. The lowest BCUT2D eigenvalue weighted by Crippen LogP contribution is -2.63. The highest BCUT2D eigenvalue weighted by Gasteiger charge is 2.50. The second kappa shape index (κ2) is 15.2. The average molecular weight is 544 g/mol. The molecule has 0 bridgehead atoms. The zero-order valence-corrected chi connectivity index (χ0v) is 21.3. The summed E-state index contributed by atoms with van der Waals surface area (Å²) in [5, 5.41) is 60.1. The molecule has 2 heterocycles. The van der Waals surface area contributed by atoms with Gasteiger partial charge in [0.2, 0.25) is 0 Å². The van der Waals surface area contributed by atoms with E-state index in [2.05, 4.69) is 6.58 Å². The molecular weight excluding hydrogens is 503 g/mol. The molecule has 36 heavy (non-hydrogen) atoms. The third-order valence-corrected chi connectivity index (χ3v) is 7.17. The summed E-state index contributed by atoms with van der Waals surface area (Å²) in [5.74, 6) is 0. The maximum atomic E-state index is 12.2. The molecule has 1 unspecified atom stereocenters. The number of rotatable bonds is 15. The lowest BCUT2D eigenvalue weighted by atomic mass is 9.97. The van der Waals surface area contributed by atoms with Crippen LogP contribution in [-0.4, -0.2) is 105 Å². The van der Waals surface area contributed by atoms with Gasteiger partial charge in [-0.05, 0) is 26.2 Å². The number of phosphoric acid groups is 1. The largest absolute Gasteiger partial charge is 0.756 e. The number of aliphatic hydroxyl groups is 6. The van der Waals surface area contributed by atoms with Gasteiger partial charge in [-0.25, -0.2) is 0 Å². The van der Waals surface area contributed by atoms with Crippen molar-refractivity contribution in [2.24, 2.45) is 0 Å². The van der Waals surface area contributed by atoms with Gasteiger partial charge in [0, 0.05) is 0 Å². The number of allylic oxidation sites excluding steroid dienone is 1. The van der Waals surface area contributed by atoms with Crippen LogP contribution in [0.15, 0.2) is 12.7 Å². The molecule has 6 N–H and O–H groups in total. The third kappa shape index (κ3) is 9.05. The van der Waals surface area contributed by atoms with E-state index in [-0.39, 0.29) is 6.61 Å². The number of unbranched alkanes of at least 4 members (excludes halogenated alkanes) is 6. The van der Waals surface area contributed by atoms with Crippen LogP contribution in [0.2, 0.25) is 0 Å². The molecule has 0 aromatic rings. The second-order valence-corrected chi connectivity index (χ2v) is 10.4. The molecule has 212 valence electrons. The molecule has 2 aliphatic heterocycles. The number of hydrogen-bond acceptors (Lipinski definition) is 13. The molecule has 0 saturated carbocycles. The molecule has 0 aliphatic carbocycles. The first kappa shape index (κ1) is 31.7. The Labute approximate surface area is 210 Å². The van der Waals surface area contributed by atoms with Crippen molar-refractivity contribution in [2.45, 2.75) is 113 Å². The number of hydrogen-bond donors (Lipinski definition) is 6. The van der Waals surface area contributed by atoms with Crippen molar-refractivity contribution in [3.05, 3.63) is 12.7 Å². The number of ether oxygens (including phenoxy) is 3. The highest BCUT2D eigenvalue weighted by Crippen LogP contribution is 2.43. The lowest BCUT2D eigenvalue weighted by molar-refractivity contribution is -0.353. The Morgan fingerprint density at radius 1 is 0.889 bits per heavy atom. The lowest BCUT2D eigenvalue weighted by Gasteiger charge is -2.46. The molecule has 14 heteroatoms. The van der Waals surface area contributed by atoms with E-state index in [4.69, 9.17) is 23.3 Å². The monoisotopic (exact) mass is 543 g/mol. The summed E-state index contributed by atoms with van der Waals surface area (Å²) < 4.78 is 37.9. The zero-order chi connectivity index (χ0) is 26.9. The Morgan fingerprint density at radius 3 is 2.14 bits per heavy atom. The van der Waals surface area contributed by atoms with E-state index in [9.17, 15) is 40.1 Å². The molecule has 11 atom stereocenters. The second-order valence-electron chi connectivity index (χ2n) is 9.07. The molecular formula is C22H40O13P-. The fraction of sp³-hybridized carbons (Fsp3) is 0.909. The van der Waals surface area contributed by atoms with Crippen molar-refractivity contribution in [3.8, 4) is 0 Å². The first-order valence-corrected chi connectivity index (χ1v) is 13.7. The smallest absolute Gasteiger partial charge is 0.270 e. The van der Waals surface area contributed by atoms with Crippen molar-refractivity contribution in [1.82, 2.24) is 0 Å². The molecule has 2 rings (SSSR count). The topological polar surface area (TPSA) is 208 Å². The van der Waals surface area contributed by atoms with Crippen LogP contribution in [0.5, 0.6) is 0 Å². The highest BCUT2D eigenvalue weighted by molar-refractivity contribution is 7.45. The van der Waals surface area contributed by atoms with Crippen molar-refractivity contribution >= 4 is 7.82 Å². The van der Waals surface area contributed by atoms with Crippen molar-refractivity contribution in [3.63, 3.8) is 0 Å². The van der Waals surface area contributed by atoms with E-state index < -0.39 is 75.8 Å². The number of aliphatic hydroxyl groups excluding tert-OH is 6. The van der Waals surface area contributed by atoms with Crippen LogP contribution in [0.1, 0.15) is 51.9 Å². The Bertz CT molecular complexity index is 695. The van der Waals surface area contributed by atoms with Gasteiger partial charge in [0.15, 0.2) is 12.6 Å². The molecule has 0 aromatic carbocycles. The normalized spacial score (nSPS) is 39.0. The van der Waals surface area contributed by atoms with Gasteiger partial charge in [-0.15, -0.1) is 6.58 Å². The minimum absolute atomic E-state index is 0.1000. The van der Waals surface area contributed by atoms with E-state index in [0.717, 1.165) is 38.5 Å². The van der Waals surface area contributed by atoms with E-state index in [1.54, 1.807) is 0 Å². The summed E-state index contributed by atoms with van der Waals surface area (Å²) in [7, 11) is -4.87. The predicted octanol–water partition coefficient (Wildman–Crippen LogP) is -0.944. The van der Waals surface area contributed by atoms with Gasteiger partial charge in [0.25, 0.3) is 7.82 Å². The maximum absolute atomic E-state index is 12.2. The van der Waals surface area contributed by atoms with Crippen LogP contribution >= 0.6 is 7.82 Å². The summed E-state index contributed by atoms with van der Waals surface area (Å²) in [6, 6.07) is 0. The van der Waals surface area contributed by atoms with E-state index in [0.29, 0.717) is 6.42 Å². The summed E-state index contributed by atoms with van der Waals surface area (Å²) in [4.78, 5) is 12.2. The molecule has 0 aromatic heterocycles. The quantitative estimate of drug-likeness (QED) is 0.0838. The summed E-state index contributed by atoms with van der Waals surface area (Å²) >= 11 is 0. The Hall–Kier alpha value is -0.510. The molecule has 2 fully saturated rings. The molecule has 2 aliphatic rings. The van der Waals surface area contributed by atoms with Crippen LogP contribution in [0.3, 0.4) is 0 Å². The molecule has 0 amide bonds. The minimum atomic E-state index is -4.87. The zero-order valence-electron chi connectivity index (χ0n) is 20.4. The van der Waals surface area contributed by atoms with Crippen LogP contribution in [0.4, 0.5) is 0 Å². The van der Waals surface area contributed by atoms with Crippen molar-refractivity contribution in [1.29, 1.82) is 0 Å². The first-order valence-electron chi connectivity index (χ1n) is 12.2. The highest BCUT2D eigenvalue weighted by atomic mass is 31.2. The van der Waals surface area contributed by atoms with Gasteiger partial charge >= 0.3 is 0 Å². The standard InChI is InChI=1S/C22H41O13P/c1-3-4-5-6-7-8-9-10-11-31-36(29,30)35-22-19(28)17(26)20(13(2)32-22)34-21-18(27)16(25)15(24)14(12-23)33-21/h3,13-28H,1,4-12H2,2H3,(H,29,30)/p-1/t13-,14-,15+,16+,17-,18-,19+,20-,21+,22-/m1/s1. The molecule has 13 nitrogen and oxygen atoms in total. The van der Waals surface area contributed by atoms with Gasteiger partial charge in [0.05, 0.1) is 19.3 Å². The van der Waals surface area contributed by atoms with Crippen LogP contribution in [0.25, 0.3) is 0 Å². The number of phosphoric ester groups is 1. The van der Waals surface area contributed by atoms with Gasteiger partial charge < -0.3 is 54.3 Å². The molecule has 0 radical (unpaired) electrons. The van der Waals surface area contributed by atoms with E-state index in [1.165, 1.54) is 6.92 Å². The van der Waals surface area contributed by atoms with Crippen molar-refractivity contribution in [2.75, 3.05) is 13.2 Å². The Balaban J connectivity index is 1.81. The SMILES string of the molecule is C=CCCCCCCCCOP(=O)([O-])O[C@H]1O[C@H](C)[C@@H](O[C@@H]2O[C@H](CO)[C@H](O)[C@H](O)[C@H]2O)[C@H](O)[C@@H]1O. The Kier molecular flexibility index (Phi) is 13.4. The summed E-state index contributed by atoms with van der Waals surface area (Å²) in [6.45, 7) is 4.28. The van der Waals surface area contributed by atoms with Crippen LogP contribution in [-0.2, 0) is 27.8 Å². The third-order valence-electron chi connectivity index (χ3n) is 6.20. The van der Waals surface area contributed by atoms with Gasteiger partial charge in [-0.2, -0.15) is 0 Å². The minimum Gasteiger partial charge on any atom is -0.756 e. The predicted molar refractivity (Wildman–Crippen MR) is 122 cm³/mol. The van der Waals surface area contributed by atoms with Crippen LogP contribution in [0, 0.1) is 0 Å². The van der Waals surface area contributed by atoms with Crippen molar-refractivity contribution < 1.29 is 63.4 Å². The Morgan fingerprint density at radius 2 is 1.50 bits per heavy atom. The van der Waals surface area contributed by atoms with Gasteiger partial charge in [0.1, 0.15) is 42.7 Å². The molecule has 0 spiro atoms. The van der Waals surface area contributed by atoms with Gasteiger partial charge in [-0.3, -0.25) is 9.09 Å². The average Bonchev–Trinajstić information content (AvgIpc) is 2.83. The fourth-order valence-electron chi connectivity index (χ4n) is 4.05. The van der Waals surface area contributed by atoms with E-state index in [1.807, 2.05) is 6.08 Å².